The molecule has 0 fully saturated rings. The van der Waals surface area contributed by atoms with Crippen molar-refractivity contribution in [2.45, 2.75) is 6.42 Å². The van der Waals surface area contributed by atoms with Gasteiger partial charge in [0, 0.05) is 23.9 Å². The third-order valence-electron chi connectivity index (χ3n) is 4.12. The first-order valence-electron chi connectivity index (χ1n) is 8.82. The Morgan fingerprint density at radius 2 is 1.97 bits per heavy atom. The van der Waals surface area contributed by atoms with Gasteiger partial charge in [0.05, 0.1) is 5.69 Å². The molecule has 0 saturated heterocycles. The molecule has 0 radical (unpaired) electrons. The van der Waals surface area contributed by atoms with Crippen molar-refractivity contribution in [3.8, 4) is 17.1 Å². The lowest BCUT2D eigenvalue weighted by Crippen LogP contribution is -2.30. The van der Waals surface area contributed by atoms with Gasteiger partial charge in [-0.2, -0.15) is 4.98 Å². The summed E-state index contributed by atoms with van der Waals surface area (Å²) in [4.78, 5) is 17.0. The molecule has 0 bridgehead atoms. The fourth-order valence-corrected chi connectivity index (χ4v) is 3.56. The number of fused-ring (bicyclic) bond motifs is 1. The number of benzene rings is 2. The molecule has 29 heavy (non-hydrogen) atoms. The zero-order valence-corrected chi connectivity index (χ0v) is 16.0. The number of aromatic nitrogens is 3. The van der Waals surface area contributed by atoms with Crippen molar-refractivity contribution in [1.82, 2.24) is 19.9 Å². The normalized spacial score (nSPS) is 11.0. The highest BCUT2D eigenvalue weighted by atomic mass is 32.1. The Hall–Kier alpha value is -3.33. The first-order valence-corrected chi connectivity index (χ1v) is 9.70. The second-order valence-corrected chi connectivity index (χ2v) is 7.05. The molecule has 0 aliphatic heterocycles. The van der Waals surface area contributed by atoms with Crippen LogP contribution in [0.25, 0.3) is 16.3 Å². The molecule has 0 aliphatic carbocycles. The van der Waals surface area contributed by atoms with Crippen LogP contribution in [-0.2, 0) is 11.2 Å². The predicted octanol–water partition coefficient (Wildman–Crippen LogP) is 3.47. The van der Waals surface area contributed by atoms with Crippen molar-refractivity contribution in [2.75, 3.05) is 13.2 Å². The fraction of sp³-hybridized carbons (Fsp3) is 0.150. The van der Waals surface area contributed by atoms with Crippen LogP contribution in [0.3, 0.4) is 0 Å². The minimum absolute atomic E-state index is 0.155. The zero-order chi connectivity index (χ0) is 20.2. The van der Waals surface area contributed by atoms with Crippen LogP contribution >= 0.6 is 11.3 Å². The largest absolute Gasteiger partial charge is 0.484 e. The first-order chi connectivity index (χ1) is 14.1. The molecule has 0 atom stereocenters. The Balaban J connectivity index is 1.32. The van der Waals surface area contributed by atoms with Crippen LogP contribution in [0.15, 0.2) is 53.9 Å². The van der Waals surface area contributed by atoms with E-state index in [-0.39, 0.29) is 24.1 Å². The van der Waals surface area contributed by atoms with Crippen molar-refractivity contribution in [3.63, 3.8) is 0 Å². The second kappa shape index (κ2) is 8.36. The van der Waals surface area contributed by atoms with E-state index in [0.717, 1.165) is 5.69 Å². The third kappa shape index (κ3) is 4.57. The molecule has 1 amide bonds. The molecule has 9 heteroatoms. The average Bonchev–Trinajstić information content (AvgIpc) is 3.29. The molecule has 4 aromatic rings. The summed E-state index contributed by atoms with van der Waals surface area (Å²) in [5.74, 6) is -0.105. The number of halogens is 2. The van der Waals surface area contributed by atoms with Gasteiger partial charge in [-0.1, -0.05) is 12.1 Å². The van der Waals surface area contributed by atoms with Crippen LogP contribution in [0.4, 0.5) is 8.78 Å². The van der Waals surface area contributed by atoms with E-state index in [1.54, 1.807) is 16.6 Å². The van der Waals surface area contributed by atoms with Gasteiger partial charge in [0.25, 0.3) is 5.91 Å². The molecule has 0 spiro atoms. The minimum atomic E-state index is -0.363. The van der Waals surface area contributed by atoms with Gasteiger partial charge in [0.15, 0.2) is 12.4 Å². The number of nitrogens with zero attached hydrogens (tertiary/aromatic N) is 3. The minimum Gasteiger partial charge on any atom is -0.484 e. The van der Waals surface area contributed by atoms with Gasteiger partial charge in [0.2, 0.25) is 4.96 Å². The summed E-state index contributed by atoms with van der Waals surface area (Å²) >= 11 is 1.43. The zero-order valence-electron chi connectivity index (χ0n) is 15.1. The number of ether oxygens (including phenoxy) is 1. The van der Waals surface area contributed by atoms with Crippen LogP contribution in [-0.4, -0.2) is 33.7 Å². The summed E-state index contributed by atoms with van der Waals surface area (Å²) in [6.45, 7) is 0.240. The van der Waals surface area contributed by atoms with Gasteiger partial charge in [-0.15, -0.1) is 16.4 Å². The van der Waals surface area contributed by atoms with Gasteiger partial charge < -0.3 is 10.1 Å². The second-order valence-electron chi connectivity index (χ2n) is 6.21. The van der Waals surface area contributed by atoms with Crippen molar-refractivity contribution in [2.24, 2.45) is 0 Å². The Kier molecular flexibility index (Phi) is 5.48. The smallest absolute Gasteiger partial charge is 0.257 e. The highest BCUT2D eigenvalue weighted by Crippen LogP contribution is 2.21. The number of hydrogen-bond acceptors (Lipinski definition) is 5. The molecule has 2 heterocycles. The van der Waals surface area contributed by atoms with E-state index in [2.05, 4.69) is 15.4 Å². The fourth-order valence-electron chi connectivity index (χ4n) is 2.71. The maximum atomic E-state index is 13.4. The van der Waals surface area contributed by atoms with Crippen molar-refractivity contribution < 1.29 is 18.3 Å². The van der Waals surface area contributed by atoms with Crippen molar-refractivity contribution in [1.29, 1.82) is 0 Å². The Morgan fingerprint density at radius 1 is 1.14 bits per heavy atom. The quantitative estimate of drug-likeness (QED) is 0.503. The highest BCUT2D eigenvalue weighted by molar-refractivity contribution is 7.15. The van der Waals surface area contributed by atoms with E-state index in [0.29, 0.717) is 35.1 Å². The lowest BCUT2D eigenvalue weighted by molar-refractivity contribution is -0.123. The lowest BCUT2D eigenvalue weighted by Gasteiger charge is -2.07. The summed E-state index contributed by atoms with van der Waals surface area (Å²) < 4.78 is 33.3. The topological polar surface area (TPSA) is 68.5 Å². The maximum absolute atomic E-state index is 13.4. The monoisotopic (exact) mass is 414 g/mol. The van der Waals surface area contributed by atoms with Crippen LogP contribution in [0, 0.1) is 11.6 Å². The molecule has 4 rings (SSSR count). The number of carbonyl (C=O) groups is 1. The van der Waals surface area contributed by atoms with Gasteiger partial charge >= 0.3 is 0 Å². The Labute approximate surface area is 168 Å². The third-order valence-corrected chi connectivity index (χ3v) is 4.98. The Morgan fingerprint density at radius 3 is 2.76 bits per heavy atom. The lowest BCUT2D eigenvalue weighted by atomic mass is 10.2. The van der Waals surface area contributed by atoms with Crippen LogP contribution < -0.4 is 10.1 Å². The van der Waals surface area contributed by atoms with E-state index in [4.69, 9.17) is 4.74 Å². The van der Waals surface area contributed by atoms with Crippen LogP contribution in [0.1, 0.15) is 5.69 Å². The number of nitrogens with one attached hydrogen (secondary N) is 1. The molecule has 6 nitrogen and oxygen atoms in total. The molecular formula is C20H16F2N4O2S. The van der Waals surface area contributed by atoms with Gasteiger partial charge in [-0.3, -0.25) is 4.79 Å². The molecule has 1 N–H and O–H groups in total. The summed E-state index contributed by atoms with van der Waals surface area (Å²) in [5, 5.41) is 9.14. The summed E-state index contributed by atoms with van der Waals surface area (Å²) in [7, 11) is 0. The maximum Gasteiger partial charge on any atom is 0.257 e. The molecular weight excluding hydrogens is 398 g/mol. The first kappa shape index (κ1) is 19.0. The number of rotatable bonds is 7. The molecule has 0 aliphatic rings. The average molecular weight is 414 g/mol. The molecule has 2 aromatic carbocycles. The highest BCUT2D eigenvalue weighted by Gasteiger charge is 2.12. The van der Waals surface area contributed by atoms with E-state index in [9.17, 15) is 13.6 Å². The molecule has 0 unspecified atom stereocenters. The van der Waals surface area contributed by atoms with E-state index < -0.39 is 0 Å². The summed E-state index contributed by atoms with van der Waals surface area (Å²) in [5.41, 5.74) is 1.50. The van der Waals surface area contributed by atoms with E-state index in [1.165, 1.54) is 47.7 Å². The standard InChI is InChI=1S/C20H16F2N4O2S/c21-14-4-6-17(7-5-14)28-11-18(27)23-9-8-16-12-29-20-24-19(25-26(16)20)13-2-1-3-15(22)10-13/h1-7,10,12H,8-9,11H2,(H,23,27). The summed E-state index contributed by atoms with van der Waals surface area (Å²) in [6, 6.07) is 11.6. The van der Waals surface area contributed by atoms with Gasteiger partial charge in [-0.05, 0) is 36.4 Å². The SMILES string of the molecule is O=C(COc1ccc(F)cc1)NCCc1csc2nc(-c3cccc(F)c3)nn12. The molecule has 148 valence electrons. The molecule has 0 saturated carbocycles. The van der Waals surface area contributed by atoms with E-state index in [1.807, 2.05) is 5.38 Å². The van der Waals surface area contributed by atoms with Crippen LogP contribution in [0.5, 0.6) is 5.75 Å². The predicted molar refractivity (Wildman–Crippen MR) is 105 cm³/mol. The number of carbonyl (C=O) groups excluding carboxylic acids is 1. The summed E-state index contributed by atoms with van der Waals surface area (Å²) in [6.07, 6.45) is 0.550. The number of hydrogen-bond donors (Lipinski definition) is 1. The van der Waals surface area contributed by atoms with E-state index >= 15 is 0 Å². The number of amides is 1. The molecule has 2 aromatic heterocycles. The number of thiazole rings is 1. The van der Waals surface area contributed by atoms with Crippen molar-refractivity contribution in [3.05, 3.63) is 71.2 Å². The van der Waals surface area contributed by atoms with Gasteiger partial charge in [0.1, 0.15) is 17.4 Å². The van der Waals surface area contributed by atoms with Gasteiger partial charge in [-0.25, -0.2) is 13.3 Å². The van der Waals surface area contributed by atoms with Crippen LogP contribution in [0.2, 0.25) is 0 Å². The Bertz CT molecular complexity index is 1140. The van der Waals surface area contributed by atoms with Crippen molar-refractivity contribution >= 4 is 22.2 Å².